The summed E-state index contributed by atoms with van der Waals surface area (Å²) in [4.78, 5) is 14.9. The van der Waals surface area contributed by atoms with Gasteiger partial charge in [0.2, 0.25) is 11.7 Å². The Morgan fingerprint density at radius 1 is 1.25 bits per heavy atom. The Morgan fingerprint density at radius 2 is 2.08 bits per heavy atom. The topological polar surface area (TPSA) is 95.1 Å². The predicted octanol–water partition coefficient (Wildman–Crippen LogP) is 3.57. The lowest BCUT2D eigenvalue weighted by molar-refractivity contribution is -0.384. The number of aromatic nitrogens is 3. The van der Waals surface area contributed by atoms with Crippen LogP contribution in [0.5, 0.6) is 11.6 Å². The smallest absolute Gasteiger partial charge is 0.334 e. The van der Waals surface area contributed by atoms with E-state index >= 15 is 0 Å². The maximum absolute atomic E-state index is 11.2. The second-order valence-electron chi connectivity index (χ2n) is 5.09. The molecule has 8 nitrogen and oxygen atoms in total. The van der Waals surface area contributed by atoms with Gasteiger partial charge in [-0.15, -0.1) is 0 Å². The third-order valence-electron chi connectivity index (χ3n) is 3.33. The van der Waals surface area contributed by atoms with Gasteiger partial charge in [-0.2, -0.15) is 5.10 Å². The van der Waals surface area contributed by atoms with Crippen LogP contribution >= 0.6 is 0 Å². The van der Waals surface area contributed by atoms with E-state index in [0.29, 0.717) is 28.8 Å². The van der Waals surface area contributed by atoms with Gasteiger partial charge in [0.25, 0.3) is 0 Å². The minimum atomic E-state index is -0.446. The third kappa shape index (κ3) is 3.17. The minimum absolute atomic E-state index is 0.0476. The van der Waals surface area contributed by atoms with Crippen molar-refractivity contribution in [3.05, 3.63) is 64.5 Å². The van der Waals surface area contributed by atoms with Crippen LogP contribution in [0.15, 0.2) is 48.7 Å². The van der Waals surface area contributed by atoms with Crippen LogP contribution in [0.2, 0.25) is 0 Å². The molecule has 24 heavy (non-hydrogen) atoms. The van der Waals surface area contributed by atoms with Crippen molar-refractivity contribution in [1.29, 1.82) is 0 Å². The lowest BCUT2D eigenvalue weighted by atomic mass is 10.3. The first-order valence-electron chi connectivity index (χ1n) is 7.18. The Kier molecular flexibility index (Phi) is 4.11. The monoisotopic (exact) mass is 325 g/mol. The molecule has 0 fully saturated rings. The molecule has 0 bridgehead atoms. The van der Waals surface area contributed by atoms with Gasteiger partial charge in [-0.25, -0.2) is 9.67 Å². The molecule has 0 spiro atoms. The van der Waals surface area contributed by atoms with Gasteiger partial charge in [-0.1, -0.05) is 12.1 Å². The molecule has 0 radical (unpaired) electrons. The predicted molar refractivity (Wildman–Crippen MR) is 88.6 cm³/mol. The highest BCUT2D eigenvalue weighted by Gasteiger charge is 2.24. The molecule has 8 heteroatoms. The van der Waals surface area contributed by atoms with Crippen molar-refractivity contribution in [2.45, 2.75) is 6.92 Å². The van der Waals surface area contributed by atoms with Gasteiger partial charge in [-0.3, -0.25) is 10.1 Å². The van der Waals surface area contributed by atoms with Gasteiger partial charge in [0, 0.05) is 31.1 Å². The van der Waals surface area contributed by atoms with Crippen LogP contribution in [-0.2, 0) is 7.05 Å². The molecule has 0 aliphatic carbocycles. The zero-order chi connectivity index (χ0) is 17.1. The number of nitrogens with one attached hydrogen (secondary N) is 1. The molecule has 0 unspecified atom stereocenters. The normalized spacial score (nSPS) is 10.4. The van der Waals surface area contributed by atoms with Crippen molar-refractivity contribution in [2.75, 3.05) is 5.32 Å². The number of nitro groups is 1. The molecule has 0 atom stereocenters. The highest BCUT2D eigenvalue weighted by Crippen LogP contribution is 2.31. The summed E-state index contributed by atoms with van der Waals surface area (Å²) in [5.74, 6) is 1.35. The molecule has 1 N–H and O–H groups in total. The van der Waals surface area contributed by atoms with Crippen molar-refractivity contribution in [2.24, 2.45) is 7.05 Å². The molecule has 3 rings (SSSR count). The summed E-state index contributed by atoms with van der Waals surface area (Å²) in [6.07, 6.45) is 1.64. The van der Waals surface area contributed by atoms with Crippen molar-refractivity contribution in [1.82, 2.24) is 14.8 Å². The van der Waals surface area contributed by atoms with Crippen LogP contribution in [0.4, 0.5) is 17.2 Å². The molecular weight excluding hydrogens is 310 g/mol. The molecule has 0 saturated carbocycles. The van der Waals surface area contributed by atoms with Crippen molar-refractivity contribution < 1.29 is 9.66 Å². The summed E-state index contributed by atoms with van der Waals surface area (Å²) in [5, 5.41) is 18.4. The third-order valence-corrected chi connectivity index (χ3v) is 3.33. The largest absolute Gasteiger partial charge is 0.439 e. The van der Waals surface area contributed by atoms with Crippen LogP contribution in [-0.4, -0.2) is 19.7 Å². The highest BCUT2D eigenvalue weighted by atomic mass is 16.6. The average Bonchev–Trinajstić information content (AvgIpc) is 2.82. The van der Waals surface area contributed by atoms with Crippen molar-refractivity contribution in [3.8, 4) is 11.6 Å². The fourth-order valence-corrected chi connectivity index (χ4v) is 2.31. The maximum Gasteiger partial charge on any atom is 0.334 e. The Bertz CT molecular complexity index is 877. The van der Waals surface area contributed by atoms with E-state index < -0.39 is 4.92 Å². The molecule has 0 amide bonds. The van der Waals surface area contributed by atoms with Crippen LogP contribution in [0.1, 0.15) is 5.69 Å². The number of nitrogens with zero attached hydrogens (tertiary/aromatic N) is 4. The molecule has 3 aromatic rings. The number of ether oxygens (including phenoxy) is 1. The number of hydrogen-bond donors (Lipinski definition) is 1. The van der Waals surface area contributed by atoms with E-state index in [0.717, 1.165) is 0 Å². The van der Waals surface area contributed by atoms with Gasteiger partial charge in [-0.05, 0) is 25.1 Å². The molecule has 2 aromatic heterocycles. The standard InChI is InChI=1S/C16H15N5O3/c1-11-15(21(22)23)16(20(2)19-11)18-12-6-5-7-13(10-12)24-14-8-3-4-9-17-14/h3-10,18H,1-2H3. The van der Waals surface area contributed by atoms with E-state index in [1.807, 2.05) is 6.07 Å². The summed E-state index contributed by atoms with van der Waals surface area (Å²) < 4.78 is 7.11. The van der Waals surface area contributed by atoms with Crippen molar-refractivity contribution in [3.63, 3.8) is 0 Å². The fraction of sp³-hybridized carbons (Fsp3) is 0.125. The van der Waals surface area contributed by atoms with E-state index in [2.05, 4.69) is 15.4 Å². The maximum atomic E-state index is 11.2. The minimum Gasteiger partial charge on any atom is -0.439 e. The van der Waals surface area contributed by atoms with Crippen LogP contribution < -0.4 is 10.1 Å². The summed E-state index contributed by atoms with van der Waals surface area (Å²) in [6.45, 7) is 1.60. The van der Waals surface area contributed by atoms with Crippen molar-refractivity contribution >= 4 is 17.2 Å². The Hall–Kier alpha value is -3.42. The number of rotatable bonds is 5. The highest BCUT2D eigenvalue weighted by molar-refractivity contribution is 5.68. The molecule has 1 aromatic carbocycles. The SMILES string of the molecule is Cc1nn(C)c(Nc2cccc(Oc3ccccn3)c2)c1[N+](=O)[O-]. The number of anilines is 2. The average molecular weight is 325 g/mol. The summed E-state index contributed by atoms with van der Waals surface area (Å²) in [5.41, 5.74) is 0.953. The fourth-order valence-electron chi connectivity index (χ4n) is 2.31. The van der Waals surface area contributed by atoms with Gasteiger partial charge >= 0.3 is 5.69 Å². The molecule has 2 heterocycles. The zero-order valence-electron chi connectivity index (χ0n) is 13.1. The van der Waals surface area contributed by atoms with Gasteiger partial charge in [0.15, 0.2) is 0 Å². The van der Waals surface area contributed by atoms with Crippen LogP contribution in [0.25, 0.3) is 0 Å². The first-order chi connectivity index (χ1) is 11.5. The van der Waals surface area contributed by atoms with E-state index in [1.165, 1.54) is 4.68 Å². The Morgan fingerprint density at radius 3 is 2.79 bits per heavy atom. The van der Waals surface area contributed by atoms with E-state index in [4.69, 9.17) is 4.74 Å². The quantitative estimate of drug-likeness (QED) is 0.569. The van der Waals surface area contributed by atoms with E-state index in [-0.39, 0.29) is 5.69 Å². The van der Waals surface area contributed by atoms with Gasteiger partial charge < -0.3 is 10.1 Å². The lowest BCUT2D eigenvalue weighted by Crippen LogP contribution is -2.01. The summed E-state index contributed by atoms with van der Waals surface area (Å²) in [6, 6.07) is 12.5. The first-order valence-corrected chi connectivity index (χ1v) is 7.18. The number of hydrogen-bond acceptors (Lipinski definition) is 6. The number of benzene rings is 1. The first kappa shape index (κ1) is 15.5. The Labute approximate surface area is 137 Å². The molecule has 0 aliphatic heterocycles. The van der Waals surface area contributed by atoms with Gasteiger partial charge in [0.1, 0.15) is 11.4 Å². The summed E-state index contributed by atoms with van der Waals surface area (Å²) >= 11 is 0. The summed E-state index contributed by atoms with van der Waals surface area (Å²) in [7, 11) is 1.65. The molecule has 0 aliphatic rings. The van der Waals surface area contributed by atoms with Crippen LogP contribution in [0.3, 0.4) is 0 Å². The lowest BCUT2D eigenvalue weighted by Gasteiger charge is -2.09. The Balaban J connectivity index is 1.87. The zero-order valence-corrected chi connectivity index (χ0v) is 13.1. The number of aryl methyl sites for hydroxylation is 2. The second kappa shape index (κ2) is 6.37. The number of pyridine rings is 1. The second-order valence-corrected chi connectivity index (χ2v) is 5.09. The van der Waals surface area contributed by atoms with Gasteiger partial charge in [0.05, 0.1) is 4.92 Å². The van der Waals surface area contributed by atoms with Crippen LogP contribution in [0, 0.1) is 17.0 Å². The molecular formula is C16H15N5O3. The van der Waals surface area contributed by atoms with E-state index in [1.54, 1.807) is 56.6 Å². The molecule has 0 saturated heterocycles. The van der Waals surface area contributed by atoms with E-state index in [9.17, 15) is 10.1 Å². The molecule has 122 valence electrons.